The van der Waals surface area contributed by atoms with E-state index in [0.29, 0.717) is 12.2 Å². The minimum absolute atomic E-state index is 0.0176. The Balaban J connectivity index is 2.48. The standard InChI is InChI=1S/C9H13N5O3S/c1-18-5-2-6(7(15)16)12-9(17)13-8-10-3-4-11-14-8/h3-4,6H,2,5H2,1H3,(H,15,16)(H2,10,12,13,14,17)/t6-/m1/s1. The molecule has 0 radical (unpaired) electrons. The zero-order chi connectivity index (χ0) is 13.4. The highest BCUT2D eigenvalue weighted by atomic mass is 32.2. The zero-order valence-corrected chi connectivity index (χ0v) is 10.5. The number of carboxylic acids is 1. The number of thioether (sulfide) groups is 1. The molecule has 18 heavy (non-hydrogen) atoms. The molecule has 1 atom stereocenters. The molecule has 8 nitrogen and oxygen atoms in total. The van der Waals surface area contributed by atoms with Gasteiger partial charge in [0.1, 0.15) is 6.04 Å². The first-order valence-electron chi connectivity index (χ1n) is 5.06. The van der Waals surface area contributed by atoms with Crippen LogP contribution in [0.5, 0.6) is 0 Å². The Morgan fingerprint density at radius 2 is 2.28 bits per heavy atom. The van der Waals surface area contributed by atoms with E-state index in [1.165, 1.54) is 24.2 Å². The summed E-state index contributed by atoms with van der Waals surface area (Å²) in [7, 11) is 0. The molecule has 3 N–H and O–H groups in total. The summed E-state index contributed by atoms with van der Waals surface area (Å²) in [6.45, 7) is 0. The monoisotopic (exact) mass is 271 g/mol. The number of amides is 2. The average Bonchev–Trinajstić information content (AvgIpc) is 2.35. The molecule has 0 aliphatic heterocycles. The maximum Gasteiger partial charge on any atom is 0.326 e. The molecule has 1 aromatic rings. The SMILES string of the molecule is CSCC[C@@H](NC(=O)Nc1nccnn1)C(=O)O. The van der Waals surface area contributed by atoms with E-state index in [2.05, 4.69) is 25.8 Å². The van der Waals surface area contributed by atoms with Crippen molar-refractivity contribution in [2.45, 2.75) is 12.5 Å². The number of aromatic nitrogens is 3. The van der Waals surface area contributed by atoms with Crippen molar-refractivity contribution in [3.63, 3.8) is 0 Å². The molecule has 1 rings (SSSR count). The van der Waals surface area contributed by atoms with Crippen molar-refractivity contribution in [3.05, 3.63) is 12.4 Å². The lowest BCUT2D eigenvalue weighted by molar-refractivity contribution is -0.139. The van der Waals surface area contributed by atoms with Crippen LogP contribution in [0.15, 0.2) is 12.4 Å². The zero-order valence-electron chi connectivity index (χ0n) is 9.66. The van der Waals surface area contributed by atoms with Gasteiger partial charge in [-0.25, -0.2) is 14.6 Å². The fraction of sp³-hybridized carbons (Fsp3) is 0.444. The van der Waals surface area contributed by atoms with Gasteiger partial charge in [0.2, 0.25) is 0 Å². The lowest BCUT2D eigenvalue weighted by Gasteiger charge is -2.13. The number of nitrogens with zero attached hydrogens (tertiary/aromatic N) is 3. The predicted molar refractivity (Wildman–Crippen MR) is 66.4 cm³/mol. The molecule has 1 heterocycles. The van der Waals surface area contributed by atoms with Crippen molar-refractivity contribution >= 4 is 29.7 Å². The first kappa shape index (κ1) is 14.2. The normalized spacial score (nSPS) is 11.6. The Bertz CT molecular complexity index is 402. The summed E-state index contributed by atoms with van der Waals surface area (Å²) >= 11 is 1.51. The molecule has 98 valence electrons. The number of hydrogen-bond donors (Lipinski definition) is 3. The number of carbonyl (C=O) groups is 2. The van der Waals surface area contributed by atoms with Gasteiger partial charge >= 0.3 is 12.0 Å². The predicted octanol–water partition coefficient (Wildman–Crippen LogP) is 0.199. The van der Waals surface area contributed by atoms with Gasteiger partial charge in [-0.15, -0.1) is 5.10 Å². The number of urea groups is 1. The number of anilines is 1. The maximum atomic E-state index is 11.5. The molecular weight excluding hydrogens is 258 g/mol. The van der Waals surface area contributed by atoms with Crippen molar-refractivity contribution in [1.82, 2.24) is 20.5 Å². The van der Waals surface area contributed by atoms with Crippen molar-refractivity contribution in [1.29, 1.82) is 0 Å². The Hall–Kier alpha value is -1.90. The topological polar surface area (TPSA) is 117 Å². The summed E-state index contributed by atoms with van der Waals surface area (Å²) in [5, 5.41) is 20.6. The molecule has 0 aliphatic rings. The van der Waals surface area contributed by atoms with E-state index in [9.17, 15) is 9.59 Å². The van der Waals surface area contributed by atoms with Crippen LogP contribution in [-0.4, -0.2) is 50.3 Å². The van der Waals surface area contributed by atoms with Gasteiger partial charge in [-0.05, 0) is 18.4 Å². The van der Waals surface area contributed by atoms with E-state index < -0.39 is 18.0 Å². The van der Waals surface area contributed by atoms with Crippen molar-refractivity contribution in [2.24, 2.45) is 0 Å². The number of nitrogens with one attached hydrogen (secondary N) is 2. The molecule has 0 spiro atoms. The summed E-state index contributed by atoms with van der Waals surface area (Å²) in [4.78, 5) is 26.1. The third kappa shape index (κ3) is 4.95. The fourth-order valence-corrected chi connectivity index (χ4v) is 1.57. The van der Waals surface area contributed by atoms with E-state index in [4.69, 9.17) is 5.11 Å². The summed E-state index contributed by atoms with van der Waals surface area (Å²) in [6.07, 6.45) is 4.94. The van der Waals surface area contributed by atoms with Gasteiger partial charge in [0, 0.05) is 0 Å². The Morgan fingerprint density at radius 3 is 2.83 bits per heavy atom. The molecule has 0 aromatic carbocycles. The van der Waals surface area contributed by atoms with Gasteiger partial charge in [0.25, 0.3) is 5.95 Å². The van der Waals surface area contributed by atoms with Gasteiger partial charge in [-0.3, -0.25) is 5.32 Å². The van der Waals surface area contributed by atoms with E-state index in [-0.39, 0.29) is 5.95 Å². The van der Waals surface area contributed by atoms with Crippen LogP contribution in [0.4, 0.5) is 10.7 Å². The van der Waals surface area contributed by atoms with Gasteiger partial charge in [0.05, 0.1) is 12.4 Å². The smallest absolute Gasteiger partial charge is 0.326 e. The number of carboxylic acid groups (broad SMARTS) is 1. The highest BCUT2D eigenvalue weighted by Crippen LogP contribution is 2.01. The lowest BCUT2D eigenvalue weighted by atomic mass is 10.2. The minimum atomic E-state index is -1.08. The van der Waals surface area contributed by atoms with Crippen LogP contribution in [0, 0.1) is 0 Å². The molecule has 0 bridgehead atoms. The van der Waals surface area contributed by atoms with Crippen LogP contribution in [0.3, 0.4) is 0 Å². The first-order chi connectivity index (χ1) is 8.63. The molecule has 2 amide bonds. The third-order valence-corrected chi connectivity index (χ3v) is 2.57. The molecule has 0 fully saturated rings. The van der Waals surface area contributed by atoms with E-state index in [1.807, 2.05) is 6.26 Å². The quantitative estimate of drug-likeness (QED) is 0.676. The lowest BCUT2D eigenvalue weighted by Crippen LogP contribution is -2.43. The van der Waals surface area contributed by atoms with Crippen LogP contribution in [0.1, 0.15) is 6.42 Å². The van der Waals surface area contributed by atoms with Crippen molar-refractivity contribution in [2.75, 3.05) is 17.3 Å². The van der Waals surface area contributed by atoms with Crippen LogP contribution < -0.4 is 10.6 Å². The second-order valence-electron chi connectivity index (χ2n) is 3.24. The van der Waals surface area contributed by atoms with E-state index >= 15 is 0 Å². The van der Waals surface area contributed by atoms with Crippen LogP contribution in [0.2, 0.25) is 0 Å². The van der Waals surface area contributed by atoms with Gasteiger partial charge in [0.15, 0.2) is 0 Å². The molecule has 0 saturated carbocycles. The van der Waals surface area contributed by atoms with Crippen LogP contribution >= 0.6 is 11.8 Å². The summed E-state index contributed by atoms with van der Waals surface area (Å²) in [5.74, 6) is -0.420. The van der Waals surface area contributed by atoms with E-state index in [0.717, 1.165) is 0 Å². The van der Waals surface area contributed by atoms with Gasteiger partial charge < -0.3 is 10.4 Å². The summed E-state index contributed by atoms with van der Waals surface area (Å²) in [5.41, 5.74) is 0. The first-order valence-corrected chi connectivity index (χ1v) is 6.46. The highest BCUT2D eigenvalue weighted by Gasteiger charge is 2.19. The van der Waals surface area contributed by atoms with Crippen LogP contribution in [-0.2, 0) is 4.79 Å². The molecule has 0 aliphatic carbocycles. The number of hydrogen-bond acceptors (Lipinski definition) is 6. The molecule has 0 unspecified atom stereocenters. The molecule has 1 aromatic heterocycles. The van der Waals surface area contributed by atoms with Crippen LogP contribution in [0.25, 0.3) is 0 Å². The Kier molecular flexibility index (Phi) is 5.85. The molecule has 0 saturated heterocycles. The summed E-state index contributed by atoms with van der Waals surface area (Å²) < 4.78 is 0. The second-order valence-corrected chi connectivity index (χ2v) is 4.22. The van der Waals surface area contributed by atoms with Gasteiger partial charge in [-0.2, -0.15) is 16.9 Å². The van der Waals surface area contributed by atoms with Crippen molar-refractivity contribution in [3.8, 4) is 0 Å². The largest absolute Gasteiger partial charge is 0.480 e. The maximum absolute atomic E-state index is 11.5. The fourth-order valence-electron chi connectivity index (χ4n) is 1.09. The highest BCUT2D eigenvalue weighted by molar-refractivity contribution is 7.98. The number of carbonyl (C=O) groups excluding carboxylic acids is 1. The Morgan fingerprint density at radius 1 is 1.50 bits per heavy atom. The third-order valence-electron chi connectivity index (χ3n) is 1.92. The number of aliphatic carboxylic acids is 1. The average molecular weight is 271 g/mol. The number of rotatable bonds is 6. The summed E-state index contributed by atoms with van der Waals surface area (Å²) in [6, 6.07) is -1.61. The van der Waals surface area contributed by atoms with Gasteiger partial charge in [-0.1, -0.05) is 0 Å². The molecular formula is C9H13N5O3S. The van der Waals surface area contributed by atoms with E-state index in [1.54, 1.807) is 0 Å². The second kappa shape index (κ2) is 7.43. The Labute approximate surface area is 108 Å². The minimum Gasteiger partial charge on any atom is -0.480 e. The molecule has 9 heteroatoms. The van der Waals surface area contributed by atoms with Crippen molar-refractivity contribution < 1.29 is 14.7 Å².